The van der Waals surface area contributed by atoms with Gasteiger partial charge in [-0.2, -0.15) is 15.0 Å². The molecule has 1 unspecified atom stereocenters. The summed E-state index contributed by atoms with van der Waals surface area (Å²) in [7, 11) is 3.63. The molecule has 2 rings (SSSR count). The third kappa shape index (κ3) is 2.55. The maximum absolute atomic E-state index is 5.64. The lowest BCUT2D eigenvalue weighted by atomic mass is 10.2. The molecule has 1 saturated heterocycles. The van der Waals surface area contributed by atoms with E-state index in [1.54, 1.807) is 0 Å². The van der Waals surface area contributed by atoms with Crippen LogP contribution in [0.1, 0.15) is 6.92 Å². The van der Waals surface area contributed by atoms with E-state index in [1.165, 1.54) is 7.11 Å². The van der Waals surface area contributed by atoms with E-state index in [4.69, 9.17) is 10.5 Å². The monoisotopic (exact) mass is 238 g/mol. The summed E-state index contributed by atoms with van der Waals surface area (Å²) < 4.78 is 5.00. The minimum Gasteiger partial charge on any atom is -0.467 e. The highest BCUT2D eigenvalue weighted by molar-refractivity contribution is 5.37. The lowest BCUT2D eigenvalue weighted by Crippen LogP contribution is -2.51. The first-order valence-corrected chi connectivity index (χ1v) is 5.61. The number of piperazine rings is 1. The topological polar surface area (TPSA) is 80.4 Å². The lowest BCUT2D eigenvalue weighted by molar-refractivity contribution is 0.273. The van der Waals surface area contributed by atoms with Gasteiger partial charge in [0.2, 0.25) is 11.9 Å². The maximum Gasteiger partial charge on any atom is 0.322 e. The van der Waals surface area contributed by atoms with Gasteiger partial charge < -0.3 is 20.3 Å². The predicted molar refractivity (Wildman–Crippen MR) is 65.1 cm³/mol. The molecular formula is C10H18N6O. The Kier molecular flexibility index (Phi) is 3.28. The quantitative estimate of drug-likeness (QED) is 0.751. The Hall–Kier alpha value is -1.63. The number of anilines is 2. The number of nitrogens with zero attached hydrogens (tertiary/aromatic N) is 5. The smallest absolute Gasteiger partial charge is 0.322 e. The van der Waals surface area contributed by atoms with Gasteiger partial charge in [-0.1, -0.05) is 0 Å². The van der Waals surface area contributed by atoms with Crippen LogP contribution in [0.4, 0.5) is 11.9 Å². The largest absolute Gasteiger partial charge is 0.467 e. The molecule has 0 amide bonds. The molecule has 1 fully saturated rings. The molecule has 0 spiro atoms. The highest BCUT2D eigenvalue weighted by atomic mass is 16.5. The van der Waals surface area contributed by atoms with Crippen LogP contribution in [0, 0.1) is 0 Å². The highest BCUT2D eigenvalue weighted by Crippen LogP contribution is 2.18. The fourth-order valence-corrected chi connectivity index (χ4v) is 2.02. The van der Waals surface area contributed by atoms with E-state index in [0.29, 0.717) is 12.0 Å². The third-order valence-corrected chi connectivity index (χ3v) is 2.89. The summed E-state index contributed by atoms with van der Waals surface area (Å²) in [6.07, 6.45) is 0. The Morgan fingerprint density at radius 2 is 2.06 bits per heavy atom. The molecular weight excluding hydrogens is 220 g/mol. The van der Waals surface area contributed by atoms with E-state index in [0.717, 1.165) is 19.6 Å². The summed E-state index contributed by atoms with van der Waals surface area (Å²) in [5.74, 6) is 0.785. The average molecular weight is 238 g/mol. The van der Waals surface area contributed by atoms with Crippen molar-refractivity contribution in [3.8, 4) is 6.01 Å². The van der Waals surface area contributed by atoms with Crippen LogP contribution in [0.2, 0.25) is 0 Å². The number of nitrogen functional groups attached to an aromatic ring is 1. The summed E-state index contributed by atoms with van der Waals surface area (Å²) in [6.45, 7) is 4.98. The van der Waals surface area contributed by atoms with Gasteiger partial charge >= 0.3 is 6.01 Å². The van der Waals surface area contributed by atoms with Crippen LogP contribution in [0.15, 0.2) is 0 Å². The summed E-state index contributed by atoms with van der Waals surface area (Å²) in [4.78, 5) is 16.7. The number of hydrogen-bond donors (Lipinski definition) is 1. The number of aromatic nitrogens is 3. The molecule has 7 heteroatoms. The molecule has 1 aliphatic heterocycles. The van der Waals surface area contributed by atoms with Crippen LogP contribution < -0.4 is 15.4 Å². The van der Waals surface area contributed by atoms with E-state index in [9.17, 15) is 0 Å². The van der Waals surface area contributed by atoms with Gasteiger partial charge in [0.15, 0.2) is 0 Å². The molecule has 17 heavy (non-hydrogen) atoms. The van der Waals surface area contributed by atoms with E-state index < -0.39 is 0 Å². The second-order valence-corrected chi connectivity index (χ2v) is 4.28. The molecule has 2 heterocycles. The maximum atomic E-state index is 5.64. The zero-order chi connectivity index (χ0) is 12.4. The molecule has 0 radical (unpaired) electrons. The van der Waals surface area contributed by atoms with Crippen molar-refractivity contribution in [2.24, 2.45) is 0 Å². The Morgan fingerprint density at radius 1 is 1.29 bits per heavy atom. The summed E-state index contributed by atoms with van der Waals surface area (Å²) in [5, 5.41) is 0. The van der Waals surface area contributed by atoms with Crippen molar-refractivity contribution in [1.82, 2.24) is 19.9 Å². The lowest BCUT2D eigenvalue weighted by Gasteiger charge is -2.38. The van der Waals surface area contributed by atoms with Crippen molar-refractivity contribution in [2.45, 2.75) is 13.0 Å². The van der Waals surface area contributed by atoms with E-state index in [-0.39, 0.29) is 12.0 Å². The van der Waals surface area contributed by atoms with E-state index in [2.05, 4.69) is 38.7 Å². The van der Waals surface area contributed by atoms with Crippen molar-refractivity contribution < 1.29 is 4.74 Å². The first kappa shape index (κ1) is 11.8. The number of rotatable bonds is 2. The van der Waals surface area contributed by atoms with Gasteiger partial charge in [0, 0.05) is 25.7 Å². The van der Waals surface area contributed by atoms with Gasteiger partial charge in [-0.25, -0.2) is 0 Å². The molecule has 0 aromatic carbocycles. The van der Waals surface area contributed by atoms with Crippen molar-refractivity contribution in [2.75, 3.05) is 44.4 Å². The zero-order valence-electron chi connectivity index (χ0n) is 10.4. The molecule has 0 bridgehead atoms. The normalized spacial score (nSPS) is 21.6. The van der Waals surface area contributed by atoms with Crippen molar-refractivity contribution in [3.63, 3.8) is 0 Å². The SMILES string of the molecule is COc1nc(N)nc(N2CCN(C)CC2C)n1. The fourth-order valence-electron chi connectivity index (χ4n) is 2.02. The number of methoxy groups -OCH3 is 1. The second kappa shape index (κ2) is 4.70. The zero-order valence-corrected chi connectivity index (χ0v) is 10.4. The molecule has 7 nitrogen and oxygen atoms in total. The molecule has 2 N–H and O–H groups in total. The Balaban J connectivity index is 2.24. The van der Waals surface area contributed by atoms with Gasteiger partial charge in [-0.3, -0.25) is 0 Å². The third-order valence-electron chi connectivity index (χ3n) is 2.89. The summed E-state index contributed by atoms with van der Waals surface area (Å²) in [5.41, 5.74) is 5.64. The van der Waals surface area contributed by atoms with Crippen LogP contribution in [-0.4, -0.2) is 59.7 Å². The number of nitrogens with two attached hydrogens (primary N) is 1. The average Bonchev–Trinajstić information content (AvgIpc) is 2.28. The van der Waals surface area contributed by atoms with E-state index in [1.807, 2.05) is 0 Å². The number of likely N-dealkylation sites (N-methyl/N-ethyl adjacent to an activating group) is 1. The van der Waals surface area contributed by atoms with Gasteiger partial charge in [-0.15, -0.1) is 0 Å². The minimum absolute atomic E-state index is 0.193. The van der Waals surface area contributed by atoms with Crippen molar-refractivity contribution >= 4 is 11.9 Å². The predicted octanol–water partition coefficient (Wildman–Crippen LogP) is -0.397. The summed E-state index contributed by atoms with van der Waals surface area (Å²) in [6, 6.07) is 0.610. The van der Waals surface area contributed by atoms with Crippen molar-refractivity contribution in [3.05, 3.63) is 0 Å². The molecule has 1 aromatic rings. The van der Waals surface area contributed by atoms with E-state index >= 15 is 0 Å². The van der Waals surface area contributed by atoms with Crippen LogP contribution >= 0.6 is 0 Å². The molecule has 1 aromatic heterocycles. The van der Waals surface area contributed by atoms with Crippen LogP contribution in [0.5, 0.6) is 6.01 Å². The van der Waals surface area contributed by atoms with Gasteiger partial charge in [-0.05, 0) is 14.0 Å². The number of ether oxygens (including phenoxy) is 1. The number of hydrogen-bond acceptors (Lipinski definition) is 7. The van der Waals surface area contributed by atoms with Crippen LogP contribution in [0.3, 0.4) is 0 Å². The van der Waals surface area contributed by atoms with Gasteiger partial charge in [0.05, 0.1) is 7.11 Å². The molecule has 94 valence electrons. The Bertz CT molecular complexity index is 398. The Morgan fingerprint density at radius 3 is 2.71 bits per heavy atom. The fraction of sp³-hybridized carbons (Fsp3) is 0.700. The molecule has 1 aliphatic rings. The Labute approximate surface area is 101 Å². The summed E-state index contributed by atoms with van der Waals surface area (Å²) >= 11 is 0. The van der Waals surface area contributed by atoms with Crippen LogP contribution in [0.25, 0.3) is 0 Å². The minimum atomic E-state index is 0.193. The second-order valence-electron chi connectivity index (χ2n) is 4.28. The standard InChI is InChI=1S/C10H18N6O/c1-7-6-15(2)4-5-16(7)9-12-8(11)13-10(14-9)17-3/h7H,4-6H2,1-3H3,(H2,11,12,13,14). The first-order valence-electron chi connectivity index (χ1n) is 5.61. The van der Waals surface area contributed by atoms with Crippen molar-refractivity contribution in [1.29, 1.82) is 0 Å². The van der Waals surface area contributed by atoms with Gasteiger partial charge in [0.25, 0.3) is 0 Å². The molecule has 1 atom stereocenters. The first-order chi connectivity index (χ1) is 8.10. The van der Waals surface area contributed by atoms with Gasteiger partial charge in [0.1, 0.15) is 0 Å². The molecule has 0 saturated carbocycles. The highest BCUT2D eigenvalue weighted by Gasteiger charge is 2.24. The van der Waals surface area contributed by atoms with Crippen LogP contribution in [-0.2, 0) is 0 Å². The molecule has 0 aliphatic carbocycles.